The highest BCUT2D eigenvalue weighted by atomic mass is 127. The monoisotopic (exact) mass is 542 g/mol. The predicted molar refractivity (Wildman–Crippen MR) is 121 cm³/mol. The van der Waals surface area contributed by atoms with Crippen LogP contribution in [-0.4, -0.2) is 49.2 Å². The Morgan fingerprint density at radius 2 is 2.03 bits per heavy atom. The number of carbonyl (C=O) groups excluding carboxylic acids is 1. The van der Waals surface area contributed by atoms with Crippen LogP contribution in [0, 0.1) is 0 Å². The minimum atomic E-state index is -4.34. The first-order valence-corrected chi connectivity index (χ1v) is 9.86. The van der Waals surface area contributed by atoms with Gasteiger partial charge in [0.2, 0.25) is 0 Å². The van der Waals surface area contributed by atoms with Crippen LogP contribution in [0.25, 0.3) is 0 Å². The summed E-state index contributed by atoms with van der Waals surface area (Å²) in [6.45, 7) is 5.61. The van der Waals surface area contributed by atoms with Crippen LogP contribution in [-0.2, 0) is 10.9 Å². The second kappa shape index (κ2) is 12.2. The van der Waals surface area contributed by atoms with Crippen molar-refractivity contribution in [1.29, 1.82) is 0 Å². The Kier molecular flexibility index (Phi) is 10.7. The van der Waals surface area contributed by atoms with Crippen LogP contribution >= 0.6 is 24.0 Å². The summed E-state index contributed by atoms with van der Waals surface area (Å²) < 4.78 is 43.5. The molecule has 1 heterocycles. The number of alkyl halides is 3. The first-order valence-electron chi connectivity index (χ1n) is 9.86. The summed E-state index contributed by atoms with van der Waals surface area (Å²) >= 11 is 0. The van der Waals surface area contributed by atoms with Gasteiger partial charge in [-0.05, 0) is 43.7 Å². The lowest BCUT2D eigenvalue weighted by atomic mass is 9.96. The van der Waals surface area contributed by atoms with Crippen LogP contribution in [0.15, 0.2) is 29.3 Å². The summed E-state index contributed by atoms with van der Waals surface area (Å²) in [5, 5.41) is 3.15. The largest absolute Gasteiger partial charge is 0.450 e. The fourth-order valence-corrected chi connectivity index (χ4v) is 3.24. The van der Waals surface area contributed by atoms with Crippen LogP contribution < -0.4 is 11.1 Å². The highest BCUT2D eigenvalue weighted by Crippen LogP contribution is 2.31. The van der Waals surface area contributed by atoms with Crippen LogP contribution in [0.4, 0.5) is 18.0 Å². The highest BCUT2D eigenvalue weighted by molar-refractivity contribution is 14.0. The molecule has 1 aliphatic rings. The second-order valence-electron chi connectivity index (χ2n) is 7.18. The summed E-state index contributed by atoms with van der Waals surface area (Å²) in [6.07, 6.45) is -2.56. The van der Waals surface area contributed by atoms with E-state index in [0.29, 0.717) is 44.2 Å². The zero-order chi connectivity index (χ0) is 21.4. The van der Waals surface area contributed by atoms with Gasteiger partial charge in [0, 0.05) is 25.7 Å². The van der Waals surface area contributed by atoms with Gasteiger partial charge < -0.3 is 20.7 Å². The Morgan fingerprint density at radius 3 is 2.63 bits per heavy atom. The first kappa shape index (κ1) is 26.3. The van der Waals surface area contributed by atoms with Gasteiger partial charge in [-0.1, -0.05) is 25.1 Å². The van der Waals surface area contributed by atoms with Crippen molar-refractivity contribution in [3.05, 3.63) is 35.4 Å². The topological polar surface area (TPSA) is 80.0 Å². The van der Waals surface area contributed by atoms with E-state index in [1.807, 2.05) is 6.92 Å². The average Bonchev–Trinajstić information content (AvgIpc) is 2.68. The maximum atomic E-state index is 12.8. The summed E-state index contributed by atoms with van der Waals surface area (Å²) in [6, 6.07) is 5.51. The Labute approximate surface area is 192 Å². The van der Waals surface area contributed by atoms with Gasteiger partial charge in [-0.3, -0.25) is 4.99 Å². The number of hydrogen-bond donors (Lipinski definition) is 2. The van der Waals surface area contributed by atoms with E-state index < -0.39 is 11.7 Å². The number of hydrogen-bond acceptors (Lipinski definition) is 3. The molecule has 170 valence electrons. The molecule has 1 aromatic rings. The average molecular weight is 542 g/mol. The molecular formula is C20H30F3IN4O2. The molecule has 1 unspecified atom stereocenters. The number of nitrogens with zero attached hydrogens (tertiary/aromatic N) is 2. The number of ether oxygens (including phenoxy) is 1. The second-order valence-corrected chi connectivity index (χ2v) is 7.18. The molecule has 1 aliphatic heterocycles. The van der Waals surface area contributed by atoms with Crippen molar-refractivity contribution < 1.29 is 22.7 Å². The van der Waals surface area contributed by atoms with Gasteiger partial charge in [0.15, 0.2) is 5.96 Å². The molecule has 2 rings (SSSR count). The third-order valence-corrected chi connectivity index (χ3v) is 5.00. The smallest absolute Gasteiger partial charge is 0.416 e. The van der Waals surface area contributed by atoms with E-state index in [-0.39, 0.29) is 42.0 Å². The van der Waals surface area contributed by atoms with Crippen molar-refractivity contribution in [1.82, 2.24) is 10.2 Å². The Balaban J connectivity index is 0.00000450. The minimum Gasteiger partial charge on any atom is -0.450 e. The molecule has 0 saturated carbocycles. The number of amides is 1. The highest BCUT2D eigenvalue weighted by Gasteiger charge is 2.30. The molecule has 6 nitrogen and oxygen atoms in total. The standard InChI is InChI=1S/C20H29F3N4O2.HI/c1-3-29-19(28)27-11-8-17(9-12-27)26-18(24)25-10-7-14(2)15-5-4-6-16(13-15)20(21,22)23;/h4-6,13-14,17H,3,7-12H2,1-2H3,(H3,24,25,26);1H. The molecule has 1 amide bonds. The third kappa shape index (κ3) is 8.19. The molecule has 30 heavy (non-hydrogen) atoms. The van der Waals surface area contributed by atoms with Gasteiger partial charge >= 0.3 is 12.3 Å². The summed E-state index contributed by atoms with van der Waals surface area (Å²) in [4.78, 5) is 17.7. The maximum absolute atomic E-state index is 12.8. The van der Waals surface area contributed by atoms with Crippen molar-refractivity contribution in [2.24, 2.45) is 10.7 Å². The number of nitrogens with two attached hydrogens (primary N) is 1. The van der Waals surface area contributed by atoms with Crippen molar-refractivity contribution in [2.45, 2.75) is 51.2 Å². The Hall–Kier alpha value is -1.72. The van der Waals surface area contributed by atoms with Gasteiger partial charge in [-0.25, -0.2) is 4.79 Å². The fourth-order valence-electron chi connectivity index (χ4n) is 3.24. The fraction of sp³-hybridized carbons (Fsp3) is 0.600. The molecule has 0 spiro atoms. The molecule has 0 bridgehead atoms. The van der Waals surface area contributed by atoms with E-state index in [1.165, 1.54) is 12.1 Å². The van der Waals surface area contributed by atoms with Crippen LogP contribution in [0.3, 0.4) is 0 Å². The van der Waals surface area contributed by atoms with Gasteiger partial charge in [-0.2, -0.15) is 13.2 Å². The zero-order valence-electron chi connectivity index (χ0n) is 17.2. The quantitative estimate of drug-likeness (QED) is 0.319. The zero-order valence-corrected chi connectivity index (χ0v) is 19.6. The summed E-state index contributed by atoms with van der Waals surface area (Å²) in [5.41, 5.74) is 5.93. The van der Waals surface area contributed by atoms with Crippen LogP contribution in [0.2, 0.25) is 0 Å². The van der Waals surface area contributed by atoms with Crippen molar-refractivity contribution in [2.75, 3.05) is 26.2 Å². The molecule has 1 aromatic carbocycles. The van der Waals surface area contributed by atoms with E-state index in [4.69, 9.17) is 10.5 Å². The van der Waals surface area contributed by atoms with Crippen molar-refractivity contribution in [3.8, 4) is 0 Å². The van der Waals surface area contributed by atoms with Gasteiger partial charge in [0.05, 0.1) is 12.2 Å². The lowest BCUT2D eigenvalue weighted by Crippen LogP contribution is -2.48. The van der Waals surface area contributed by atoms with Gasteiger partial charge in [0.1, 0.15) is 0 Å². The number of nitrogens with one attached hydrogen (secondary N) is 1. The molecule has 1 fully saturated rings. The number of aliphatic imine (C=N–C) groups is 1. The summed E-state index contributed by atoms with van der Waals surface area (Å²) in [5.74, 6) is 0.248. The van der Waals surface area contributed by atoms with E-state index in [1.54, 1.807) is 17.9 Å². The molecule has 10 heteroatoms. The van der Waals surface area contributed by atoms with E-state index in [9.17, 15) is 18.0 Å². The minimum absolute atomic E-state index is 0. The molecule has 1 atom stereocenters. The van der Waals surface area contributed by atoms with Crippen LogP contribution in [0.5, 0.6) is 0 Å². The SMILES string of the molecule is CCOC(=O)N1CCC(NC(N)=NCCC(C)c2cccc(C(F)(F)F)c2)CC1.I. The first-order chi connectivity index (χ1) is 13.7. The number of benzene rings is 1. The molecule has 0 aromatic heterocycles. The molecule has 0 radical (unpaired) electrons. The molecule has 3 N–H and O–H groups in total. The number of piperidine rings is 1. The van der Waals surface area contributed by atoms with E-state index in [0.717, 1.165) is 18.9 Å². The summed E-state index contributed by atoms with van der Waals surface area (Å²) in [7, 11) is 0. The van der Waals surface area contributed by atoms with E-state index in [2.05, 4.69) is 10.3 Å². The van der Waals surface area contributed by atoms with E-state index >= 15 is 0 Å². The molecule has 0 aliphatic carbocycles. The number of carbonyl (C=O) groups is 1. The Bertz CT molecular complexity index is 708. The third-order valence-electron chi connectivity index (χ3n) is 5.00. The van der Waals surface area contributed by atoms with Crippen LogP contribution in [0.1, 0.15) is 50.2 Å². The number of halogens is 4. The predicted octanol–water partition coefficient (Wildman–Crippen LogP) is 4.34. The number of likely N-dealkylation sites (tertiary alicyclic amines) is 1. The van der Waals surface area contributed by atoms with Crippen molar-refractivity contribution in [3.63, 3.8) is 0 Å². The number of guanidine groups is 1. The van der Waals surface area contributed by atoms with Gasteiger partial charge in [0.25, 0.3) is 0 Å². The Morgan fingerprint density at radius 1 is 1.37 bits per heavy atom. The van der Waals surface area contributed by atoms with Crippen molar-refractivity contribution >= 4 is 36.0 Å². The van der Waals surface area contributed by atoms with Gasteiger partial charge in [-0.15, -0.1) is 24.0 Å². The lowest BCUT2D eigenvalue weighted by molar-refractivity contribution is -0.137. The maximum Gasteiger partial charge on any atom is 0.416 e. The molecule has 1 saturated heterocycles. The lowest BCUT2D eigenvalue weighted by Gasteiger charge is -2.31. The number of rotatable bonds is 6. The molecular weight excluding hydrogens is 512 g/mol. The normalized spacial score (nSPS) is 16.6.